The van der Waals surface area contributed by atoms with Crippen molar-refractivity contribution in [3.8, 4) is 5.75 Å². The van der Waals surface area contributed by atoms with E-state index in [4.69, 9.17) is 4.74 Å². The van der Waals surface area contributed by atoms with E-state index < -0.39 is 0 Å². The van der Waals surface area contributed by atoms with Gasteiger partial charge in [-0.05, 0) is 49.2 Å². The van der Waals surface area contributed by atoms with Crippen molar-refractivity contribution in [3.63, 3.8) is 0 Å². The summed E-state index contributed by atoms with van der Waals surface area (Å²) in [5.41, 5.74) is 3.65. The third-order valence-corrected chi connectivity index (χ3v) is 5.25. The highest BCUT2D eigenvalue weighted by molar-refractivity contribution is 5.80. The molecule has 31 heavy (non-hydrogen) atoms. The summed E-state index contributed by atoms with van der Waals surface area (Å²) < 4.78 is 5.59. The zero-order valence-electron chi connectivity index (χ0n) is 18.7. The van der Waals surface area contributed by atoms with Crippen LogP contribution in [0.15, 0.2) is 53.5 Å². The van der Waals surface area contributed by atoms with Crippen LogP contribution in [0.3, 0.4) is 0 Å². The maximum atomic E-state index is 11.6. The number of likely N-dealkylation sites (N-methyl/N-ethyl adjacent to an activating group) is 1. The molecule has 1 heterocycles. The minimum atomic E-state index is -0.115. The molecule has 1 aliphatic rings. The van der Waals surface area contributed by atoms with E-state index in [9.17, 15) is 4.79 Å². The van der Waals surface area contributed by atoms with Crippen molar-refractivity contribution >= 4 is 17.6 Å². The molecule has 166 valence electrons. The number of benzene rings is 2. The highest BCUT2D eigenvalue weighted by atomic mass is 16.5. The second-order valence-electron chi connectivity index (χ2n) is 7.60. The number of nitrogens with one attached hydrogen (secondary N) is 2. The second kappa shape index (κ2) is 11.2. The van der Waals surface area contributed by atoms with Gasteiger partial charge in [-0.1, -0.05) is 24.3 Å². The van der Waals surface area contributed by atoms with Crippen LogP contribution in [0.5, 0.6) is 5.75 Å². The quantitative estimate of drug-likeness (QED) is 0.529. The zero-order valence-corrected chi connectivity index (χ0v) is 18.7. The van der Waals surface area contributed by atoms with E-state index in [0.717, 1.165) is 37.7 Å². The molecule has 7 nitrogen and oxygen atoms in total. The van der Waals surface area contributed by atoms with Gasteiger partial charge in [0.25, 0.3) is 5.91 Å². The lowest BCUT2D eigenvalue weighted by Gasteiger charge is -2.37. The molecule has 0 saturated carbocycles. The maximum absolute atomic E-state index is 11.6. The van der Waals surface area contributed by atoms with Gasteiger partial charge in [-0.2, -0.15) is 0 Å². The smallest absolute Gasteiger partial charge is 0.257 e. The molecule has 2 N–H and O–H groups in total. The van der Waals surface area contributed by atoms with Crippen molar-refractivity contribution in [2.75, 3.05) is 51.3 Å². The third-order valence-electron chi connectivity index (χ3n) is 5.25. The Morgan fingerprint density at radius 2 is 1.84 bits per heavy atom. The number of carbonyl (C=O) groups is 1. The first-order chi connectivity index (χ1) is 15.1. The lowest BCUT2D eigenvalue weighted by atomic mass is 10.2. The lowest BCUT2D eigenvalue weighted by molar-refractivity contribution is -0.122. The minimum absolute atomic E-state index is 0.0254. The van der Waals surface area contributed by atoms with Gasteiger partial charge in [-0.25, -0.2) is 0 Å². The molecule has 1 aliphatic heterocycles. The molecule has 0 radical (unpaired) electrons. The largest absolute Gasteiger partial charge is 0.484 e. The van der Waals surface area contributed by atoms with Gasteiger partial charge in [0.1, 0.15) is 5.75 Å². The fourth-order valence-electron chi connectivity index (χ4n) is 3.66. The number of ether oxygens (including phenoxy) is 1. The molecule has 7 heteroatoms. The number of carbonyl (C=O) groups excluding carboxylic acids is 1. The summed E-state index contributed by atoms with van der Waals surface area (Å²) in [4.78, 5) is 20.8. The van der Waals surface area contributed by atoms with Crippen LogP contribution in [0.25, 0.3) is 0 Å². The lowest BCUT2D eigenvalue weighted by Crippen LogP contribution is -2.52. The van der Waals surface area contributed by atoms with Gasteiger partial charge in [0.2, 0.25) is 0 Å². The van der Waals surface area contributed by atoms with Gasteiger partial charge in [-0.15, -0.1) is 0 Å². The number of piperazine rings is 1. The van der Waals surface area contributed by atoms with Gasteiger partial charge in [0.15, 0.2) is 12.6 Å². The Morgan fingerprint density at radius 1 is 1.06 bits per heavy atom. The van der Waals surface area contributed by atoms with Crippen LogP contribution in [-0.2, 0) is 11.3 Å². The molecule has 0 atom stereocenters. The summed E-state index contributed by atoms with van der Waals surface area (Å²) in [6.07, 6.45) is 0. The van der Waals surface area contributed by atoms with Crippen molar-refractivity contribution < 1.29 is 9.53 Å². The van der Waals surface area contributed by atoms with E-state index in [2.05, 4.69) is 56.6 Å². The molecular weight excluding hydrogens is 390 g/mol. The first-order valence-corrected chi connectivity index (χ1v) is 10.8. The molecule has 1 saturated heterocycles. The van der Waals surface area contributed by atoms with Crippen LogP contribution in [-0.4, -0.2) is 63.1 Å². The molecule has 0 aliphatic carbocycles. The average Bonchev–Trinajstić information content (AvgIpc) is 2.79. The number of aryl methyl sites for hydroxylation is 1. The van der Waals surface area contributed by atoms with Crippen molar-refractivity contribution in [2.45, 2.75) is 20.4 Å². The number of hydrogen-bond acceptors (Lipinski definition) is 4. The minimum Gasteiger partial charge on any atom is -0.484 e. The number of aliphatic imine (C=N–C) groups is 1. The highest BCUT2D eigenvalue weighted by Crippen LogP contribution is 2.18. The third kappa shape index (κ3) is 6.64. The summed E-state index contributed by atoms with van der Waals surface area (Å²) in [7, 11) is 1.82. The van der Waals surface area contributed by atoms with Gasteiger partial charge in [-0.3, -0.25) is 9.79 Å². The molecule has 1 fully saturated rings. The van der Waals surface area contributed by atoms with Crippen LogP contribution >= 0.6 is 0 Å². The van der Waals surface area contributed by atoms with Crippen molar-refractivity contribution in [1.29, 1.82) is 0 Å². The van der Waals surface area contributed by atoms with Gasteiger partial charge in [0.05, 0.1) is 0 Å². The van der Waals surface area contributed by atoms with Crippen LogP contribution in [0, 0.1) is 6.92 Å². The topological polar surface area (TPSA) is 69.2 Å². The number of anilines is 1. The molecule has 0 aromatic heterocycles. The maximum Gasteiger partial charge on any atom is 0.257 e. The molecule has 2 aromatic rings. The zero-order chi connectivity index (χ0) is 22.1. The summed E-state index contributed by atoms with van der Waals surface area (Å²) in [5, 5.41) is 6.18. The molecule has 0 bridgehead atoms. The fourth-order valence-corrected chi connectivity index (χ4v) is 3.66. The fraction of sp³-hybridized carbons (Fsp3) is 0.417. The SMILES string of the molecule is CCNC(=O)COc1cccc(CNC(=NC)N2CCN(c3cccc(C)c3)CC2)c1. The summed E-state index contributed by atoms with van der Waals surface area (Å²) in [6.45, 7) is 9.06. The van der Waals surface area contributed by atoms with E-state index in [1.165, 1.54) is 11.3 Å². The predicted octanol–water partition coefficient (Wildman–Crippen LogP) is 2.41. The molecule has 0 spiro atoms. The Bertz CT molecular complexity index is 891. The second-order valence-corrected chi connectivity index (χ2v) is 7.60. The van der Waals surface area contributed by atoms with Crippen molar-refractivity contribution in [2.24, 2.45) is 4.99 Å². The standard InChI is InChI=1S/C24H33N5O2/c1-4-26-23(30)18-31-22-10-6-8-20(16-22)17-27-24(25-3)29-13-11-28(12-14-29)21-9-5-7-19(2)15-21/h5-10,15-16H,4,11-14,17-18H2,1-3H3,(H,25,27)(H,26,30). The average molecular weight is 424 g/mol. The number of amides is 1. The van der Waals surface area contributed by atoms with Crippen LogP contribution in [0.2, 0.25) is 0 Å². The Kier molecular flexibility index (Phi) is 8.15. The summed E-state index contributed by atoms with van der Waals surface area (Å²) >= 11 is 0. The molecular formula is C24H33N5O2. The highest BCUT2D eigenvalue weighted by Gasteiger charge is 2.19. The molecule has 2 aromatic carbocycles. The Labute approximate surface area is 185 Å². The number of hydrogen-bond donors (Lipinski definition) is 2. The van der Waals surface area contributed by atoms with Crippen molar-refractivity contribution in [1.82, 2.24) is 15.5 Å². The van der Waals surface area contributed by atoms with Crippen LogP contribution in [0.4, 0.5) is 5.69 Å². The molecule has 0 unspecified atom stereocenters. The van der Waals surface area contributed by atoms with Crippen LogP contribution < -0.4 is 20.3 Å². The first-order valence-electron chi connectivity index (χ1n) is 10.8. The van der Waals surface area contributed by atoms with Gasteiger partial charge < -0.3 is 25.2 Å². The predicted molar refractivity (Wildman–Crippen MR) is 126 cm³/mol. The summed E-state index contributed by atoms with van der Waals surface area (Å²) in [6, 6.07) is 16.5. The Balaban J connectivity index is 1.50. The van der Waals surface area contributed by atoms with E-state index >= 15 is 0 Å². The Morgan fingerprint density at radius 3 is 2.55 bits per heavy atom. The van der Waals surface area contributed by atoms with Gasteiger partial charge >= 0.3 is 0 Å². The first kappa shape index (κ1) is 22.5. The number of rotatable bonds is 7. The molecule has 1 amide bonds. The van der Waals surface area contributed by atoms with E-state index in [-0.39, 0.29) is 12.5 Å². The van der Waals surface area contributed by atoms with Crippen molar-refractivity contribution in [3.05, 3.63) is 59.7 Å². The number of nitrogens with zero attached hydrogens (tertiary/aromatic N) is 3. The van der Waals surface area contributed by atoms with E-state index in [1.54, 1.807) is 0 Å². The monoisotopic (exact) mass is 423 g/mol. The normalized spacial score (nSPS) is 14.4. The molecule has 3 rings (SSSR count). The van der Waals surface area contributed by atoms with Gasteiger partial charge in [0, 0.05) is 52.0 Å². The van der Waals surface area contributed by atoms with E-state index in [0.29, 0.717) is 18.8 Å². The van der Waals surface area contributed by atoms with Crippen LogP contribution in [0.1, 0.15) is 18.1 Å². The summed E-state index contributed by atoms with van der Waals surface area (Å²) in [5.74, 6) is 1.47. The number of guanidine groups is 1. The van der Waals surface area contributed by atoms with E-state index in [1.807, 2.05) is 38.2 Å². The Hall–Kier alpha value is -3.22.